The lowest BCUT2D eigenvalue weighted by molar-refractivity contribution is -0.140. The number of carbonyl (C=O) groups excluding carboxylic acids is 1. The van der Waals surface area contributed by atoms with E-state index >= 15 is 0 Å². The van der Waals surface area contributed by atoms with Crippen molar-refractivity contribution in [2.24, 2.45) is 16.7 Å². The summed E-state index contributed by atoms with van der Waals surface area (Å²) >= 11 is 0. The highest BCUT2D eigenvalue weighted by atomic mass is 16.5. The van der Waals surface area contributed by atoms with Crippen molar-refractivity contribution in [1.29, 1.82) is 0 Å². The van der Waals surface area contributed by atoms with E-state index in [1.807, 2.05) is 24.3 Å². The summed E-state index contributed by atoms with van der Waals surface area (Å²) in [7, 11) is 1.42. The molecule has 32 heavy (non-hydrogen) atoms. The van der Waals surface area contributed by atoms with Gasteiger partial charge in [-0.25, -0.2) is 0 Å². The Morgan fingerprint density at radius 1 is 0.938 bits per heavy atom. The summed E-state index contributed by atoms with van der Waals surface area (Å²) in [5.41, 5.74) is 4.14. The van der Waals surface area contributed by atoms with E-state index < -0.39 is 0 Å². The minimum Gasteiger partial charge on any atom is -0.489 e. The van der Waals surface area contributed by atoms with E-state index in [1.54, 1.807) is 0 Å². The van der Waals surface area contributed by atoms with Gasteiger partial charge in [0.2, 0.25) is 0 Å². The fraction of sp³-hybridized carbons (Fsp3) is 0.536. The smallest absolute Gasteiger partial charge is 0.305 e. The van der Waals surface area contributed by atoms with Gasteiger partial charge in [-0.2, -0.15) is 0 Å². The van der Waals surface area contributed by atoms with Gasteiger partial charge in [0, 0.05) is 6.42 Å². The molecule has 4 nitrogen and oxygen atoms in total. The Balaban J connectivity index is 1.24. The molecule has 0 spiro atoms. The molecule has 2 fully saturated rings. The van der Waals surface area contributed by atoms with Crippen LogP contribution in [0.25, 0.3) is 0 Å². The molecule has 0 amide bonds. The molecule has 0 N–H and O–H groups in total. The van der Waals surface area contributed by atoms with E-state index in [0.29, 0.717) is 43.0 Å². The lowest BCUT2D eigenvalue weighted by Gasteiger charge is -2.38. The zero-order chi connectivity index (χ0) is 22.8. The van der Waals surface area contributed by atoms with Crippen LogP contribution >= 0.6 is 0 Å². The van der Waals surface area contributed by atoms with Gasteiger partial charge in [-0.1, -0.05) is 57.2 Å². The van der Waals surface area contributed by atoms with Crippen LogP contribution in [-0.4, -0.2) is 19.2 Å². The maximum absolute atomic E-state index is 11.3. The number of benzene rings is 2. The number of carbonyl (C=O) groups is 1. The molecule has 0 saturated heterocycles. The van der Waals surface area contributed by atoms with Crippen molar-refractivity contribution in [2.45, 2.75) is 72.2 Å². The Bertz CT molecular complexity index is 915. The van der Waals surface area contributed by atoms with Crippen LogP contribution in [0.15, 0.2) is 48.5 Å². The summed E-state index contributed by atoms with van der Waals surface area (Å²) in [6.07, 6.45) is 5.29. The zero-order valence-electron chi connectivity index (χ0n) is 19.9. The topological polar surface area (TPSA) is 44.8 Å². The molecule has 0 unspecified atom stereocenters. The molecule has 2 aromatic rings. The number of rotatable bonds is 9. The second-order valence-corrected chi connectivity index (χ2v) is 10.2. The van der Waals surface area contributed by atoms with Crippen molar-refractivity contribution in [3.8, 4) is 5.75 Å². The lowest BCUT2D eigenvalue weighted by Crippen LogP contribution is -2.37. The van der Waals surface area contributed by atoms with Crippen molar-refractivity contribution < 1.29 is 19.0 Å². The third kappa shape index (κ3) is 4.56. The molecular weight excluding hydrogens is 400 g/mol. The molecule has 172 valence electrons. The van der Waals surface area contributed by atoms with Gasteiger partial charge in [-0.05, 0) is 71.3 Å². The van der Waals surface area contributed by atoms with Crippen molar-refractivity contribution in [1.82, 2.24) is 0 Å². The quantitative estimate of drug-likeness (QED) is 0.445. The normalized spacial score (nSPS) is 25.6. The molecule has 3 atom stereocenters. The van der Waals surface area contributed by atoms with E-state index in [2.05, 4.69) is 49.8 Å². The molecule has 0 radical (unpaired) electrons. The van der Waals surface area contributed by atoms with Gasteiger partial charge in [-0.3, -0.25) is 4.79 Å². The zero-order valence-corrected chi connectivity index (χ0v) is 19.9. The third-order valence-electron chi connectivity index (χ3n) is 8.36. The first kappa shape index (κ1) is 22.8. The molecule has 0 heterocycles. The van der Waals surface area contributed by atoms with Crippen LogP contribution in [0, 0.1) is 16.7 Å². The summed E-state index contributed by atoms with van der Waals surface area (Å²) in [6, 6.07) is 16.4. The van der Waals surface area contributed by atoms with Gasteiger partial charge in [0.25, 0.3) is 0 Å². The number of esters is 1. The Kier molecular flexibility index (Phi) is 6.62. The van der Waals surface area contributed by atoms with Crippen molar-refractivity contribution >= 4 is 5.97 Å². The average Bonchev–Trinajstić information content (AvgIpc) is 3.14. The van der Waals surface area contributed by atoms with E-state index in [-0.39, 0.29) is 5.97 Å². The van der Waals surface area contributed by atoms with E-state index in [4.69, 9.17) is 9.47 Å². The number of hydrogen-bond donors (Lipinski definition) is 0. The number of hydrogen-bond acceptors (Lipinski definition) is 4. The number of aryl methyl sites for hydroxylation is 1. The van der Waals surface area contributed by atoms with Crippen molar-refractivity contribution in [3.05, 3.63) is 65.2 Å². The number of fused-ring (bicyclic) bond motifs is 2. The van der Waals surface area contributed by atoms with Crippen LogP contribution in [0.5, 0.6) is 5.75 Å². The highest BCUT2D eigenvalue weighted by molar-refractivity contribution is 5.69. The summed E-state index contributed by atoms with van der Waals surface area (Å²) in [5.74, 6) is 1.44. The van der Waals surface area contributed by atoms with Gasteiger partial charge in [-0.15, -0.1) is 0 Å². The summed E-state index contributed by atoms with van der Waals surface area (Å²) in [6.45, 7) is 8.49. The largest absolute Gasteiger partial charge is 0.489 e. The van der Waals surface area contributed by atoms with Gasteiger partial charge in [0.05, 0.1) is 19.8 Å². The maximum atomic E-state index is 11.3. The molecule has 4 heteroatoms. The minimum atomic E-state index is -0.187. The van der Waals surface area contributed by atoms with Gasteiger partial charge < -0.3 is 14.2 Å². The fourth-order valence-electron chi connectivity index (χ4n) is 5.58. The number of methoxy groups -OCH3 is 1. The Morgan fingerprint density at radius 3 is 2.12 bits per heavy atom. The van der Waals surface area contributed by atoms with Crippen LogP contribution in [0.3, 0.4) is 0 Å². The van der Waals surface area contributed by atoms with E-state index in [9.17, 15) is 4.79 Å². The van der Waals surface area contributed by atoms with Crippen molar-refractivity contribution in [3.63, 3.8) is 0 Å². The van der Waals surface area contributed by atoms with Crippen molar-refractivity contribution in [2.75, 3.05) is 7.11 Å². The van der Waals surface area contributed by atoms with Gasteiger partial charge in [0.1, 0.15) is 12.4 Å². The molecule has 2 saturated carbocycles. The molecule has 4 rings (SSSR count). The third-order valence-corrected chi connectivity index (χ3v) is 8.36. The average molecular weight is 437 g/mol. The highest BCUT2D eigenvalue weighted by Gasteiger charge is 2.61. The van der Waals surface area contributed by atoms with Crippen LogP contribution < -0.4 is 4.74 Å². The molecule has 0 aliphatic heterocycles. The second kappa shape index (κ2) is 9.27. The molecule has 2 aliphatic rings. The van der Waals surface area contributed by atoms with Gasteiger partial charge >= 0.3 is 5.97 Å². The molecule has 2 aliphatic carbocycles. The Morgan fingerprint density at radius 2 is 1.56 bits per heavy atom. The first-order valence-electron chi connectivity index (χ1n) is 11.8. The summed E-state index contributed by atoms with van der Waals surface area (Å²) in [4.78, 5) is 11.3. The highest BCUT2D eigenvalue weighted by Crippen LogP contribution is 2.66. The monoisotopic (exact) mass is 436 g/mol. The molecular formula is C28H36O4. The molecule has 2 aromatic carbocycles. The lowest BCUT2D eigenvalue weighted by atomic mass is 9.70. The number of ether oxygens (including phenoxy) is 3. The predicted molar refractivity (Wildman–Crippen MR) is 125 cm³/mol. The molecule has 0 aromatic heterocycles. The summed E-state index contributed by atoms with van der Waals surface area (Å²) in [5, 5.41) is 0. The first-order chi connectivity index (χ1) is 15.3. The maximum Gasteiger partial charge on any atom is 0.305 e. The van der Waals surface area contributed by atoms with Crippen LogP contribution in [0.4, 0.5) is 0 Å². The second-order valence-electron chi connectivity index (χ2n) is 10.2. The molecule has 2 bridgehead atoms. The SMILES string of the molecule is COC(=O)CCc1ccc(OCc2ccc(CO[C@@H]3C[C@H]4CC[C@]3(C)C4(C)C)cc2)cc1. The Hall–Kier alpha value is -2.33. The predicted octanol–water partition coefficient (Wildman–Crippen LogP) is 6.10. The van der Waals surface area contributed by atoms with Gasteiger partial charge in [0.15, 0.2) is 0 Å². The van der Waals surface area contributed by atoms with Crippen LogP contribution in [0.2, 0.25) is 0 Å². The van der Waals surface area contributed by atoms with E-state index in [1.165, 1.54) is 31.9 Å². The Labute approximate surface area is 192 Å². The first-order valence-corrected chi connectivity index (χ1v) is 11.8. The fourth-order valence-corrected chi connectivity index (χ4v) is 5.58. The minimum absolute atomic E-state index is 0.187. The standard InChI is InChI=1S/C28H36O4/c1-27(2)23-15-16-28(27,3)25(17-23)32-19-22-7-5-21(6-8-22)18-31-24-12-9-20(10-13-24)11-14-26(29)30-4/h5-10,12-13,23,25H,11,14-19H2,1-4H3/t23-,25-,28+/m1/s1. The van der Waals surface area contributed by atoms with Crippen LogP contribution in [-0.2, 0) is 33.9 Å². The van der Waals surface area contributed by atoms with Crippen LogP contribution in [0.1, 0.15) is 63.1 Å². The van der Waals surface area contributed by atoms with E-state index in [0.717, 1.165) is 22.8 Å². The summed E-state index contributed by atoms with van der Waals surface area (Å²) < 4.78 is 17.0.